The normalized spacial score (nSPS) is 19.3. The van der Waals surface area contributed by atoms with Gasteiger partial charge in [-0.15, -0.1) is 0 Å². The number of rotatable bonds is 3. The van der Waals surface area contributed by atoms with Crippen LogP contribution in [-0.2, 0) is 6.54 Å². The van der Waals surface area contributed by atoms with Gasteiger partial charge in [-0.3, -0.25) is 0 Å². The first-order valence-corrected chi connectivity index (χ1v) is 7.87. The molecule has 0 amide bonds. The van der Waals surface area contributed by atoms with Crippen molar-refractivity contribution in [1.29, 1.82) is 0 Å². The maximum atomic E-state index is 5.93. The number of pyridine rings is 1. The van der Waals surface area contributed by atoms with Crippen LogP contribution in [0.1, 0.15) is 12.8 Å². The number of imidazole rings is 1. The summed E-state index contributed by atoms with van der Waals surface area (Å²) < 4.78 is 7.72. The van der Waals surface area contributed by atoms with Gasteiger partial charge in [0.2, 0.25) is 0 Å². The average Bonchev–Trinajstić information content (AvgIpc) is 3.20. The van der Waals surface area contributed by atoms with E-state index < -0.39 is 0 Å². The minimum Gasteiger partial charge on any atom is -0.441 e. The zero-order valence-electron chi connectivity index (χ0n) is 12.4. The van der Waals surface area contributed by atoms with Gasteiger partial charge in [-0.05, 0) is 62.3 Å². The minimum absolute atomic E-state index is 0.375. The molecule has 0 bridgehead atoms. The van der Waals surface area contributed by atoms with Gasteiger partial charge in [-0.25, -0.2) is 9.97 Å². The molecule has 3 aromatic rings. The fourth-order valence-electron chi connectivity index (χ4n) is 3.17. The van der Waals surface area contributed by atoms with Crippen LogP contribution in [0.5, 0.6) is 0 Å². The number of hydrogen-bond acceptors (Lipinski definition) is 4. The molecule has 0 aromatic carbocycles. The maximum absolute atomic E-state index is 5.93. The molecule has 1 saturated heterocycles. The molecule has 1 unspecified atom stereocenters. The molecule has 0 radical (unpaired) electrons. The van der Waals surface area contributed by atoms with E-state index >= 15 is 0 Å². The van der Waals surface area contributed by atoms with Crippen LogP contribution in [0.15, 0.2) is 34.9 Å². The molecular weight excluding hydrogens is 300 g/mol. The number of halogens is 1. The predicted molar refractivity (Wildman–Crippen MR) is 85.9 cm³/mol. The molecule has 1 atom stereocenters. The molecule has 1 fully saturated rings. The van der Waals surface area contributed by atoms with Crippen molar-refractivity contribution in [2.45, 2.75) is 25.4 Å². The van der Waals surface area contributed by atoms with Crippen molar-refractivity contribution in [1.82, 2.24) is 19.4 Å². The number of aromatic nitrogens is 3. The Balaban J connectivity index is 1.83. The lowest BCUT2D eigenvalue weighted by Crippen LogP contribution is -2.29. The first-order chi connectivity index (χ1) is 10.7. The van der Waals surface area contributed by atoms with Gasteiger partial charge in [-0.1, -0.05) is 0 Å². The van der Waals surface area contributed by atoms with E-state index in [4.69, 9.17) is 21.0 Å². The van der Waals surface area contributed by atoms with Crippen molar-refractivity contribution < 1.29 is 4.42 Å². The molecule has 0 saturated carbocycles. The third-order valence-electron chi connectivity index (χ3n) is 4.36. The van der Waals surface area contributed by atoms with E-state index in [1.807, 2.05) is 18.2 Å². The SMILES string of the molecule is CN1CCCC1Cn1c(-c2ccc(Cl)o2)nc2cccnc21. The quantitative estimate of drug-likeness (QED) is 0.742. The molecule has 4 rings (SSSR count). The zero-order valence-corrected chi connectivity index (χ0v) is 13.1. The summed E-state index contributed by atoms with van der Waals surface area (Å²) in [5.41, 5.74) is 1.77. The van der Waals surface area contributed by atoms with Gasteiger partial charge in [0.1, 0.15) is 5.52 Å². The lowest BCUT2D eigenvalue weighted by Gasteiger charge is -2.20. The van der Waals surface area contributed by atoms with Crippen LogP contribution in [-0.4, -0.2) is 39.1 Å². The van der Waals surface area contributed by atoms with Crippen molar-refractivity contribution >= 4 is 22.8 Å². The maximum Gasteiger partial charge on any atom is 0.194 e. The lowest BCUT2D eigenvalue weighted by molar-refractivity contribution is 0.284. The summed E-state index contributed by atoms with van der Waals surface area (Å²) in [4.78, 5) is 11.6. The summed E-state index contributed by atoms with van der Waals surface area (Å²) in [5.74, 6) is 1.48. The second-order valence-electron chi connectivity index (χ2n) is 5.77. The van der Waals surface area contributed by atoms with Crippen molar-refractivity contribution in [3.63, 3.8) is 0 Å². The molecule has 114 valence electrons. The monoisotopic (exact) mass is 316 g/mol. The van der Waals surface area contributed by atoms with Gasteiger partial charge in [0.25, 0.3) is 0 Å². The summed E-state index contributed by atoms with van der Waals surface area (Å²) in [7, 11) is 2.17. The van der Waals surface area contributed by atoms with E-state index in [0.29, 0.717) is 17.0 Å². The Morgan fingerprint density at radius 3 is 3.00 bits per heavy atom. The molecular formula is C16H17ClN4O. The van der Waals surface area contributed by atoms with Gasteiger partial charge < -0.3 is 13.9 Å². The summed E-state index contributed by atoms with van der Waals surface area (Å²) >= 11 is 5.93. The van der Waals surface area contributed by atoms with E-state index in [9.17, 15) is 0 Å². The van der Waals surface area contributed by atoms with E-state index in [0.717, 1.165) is 30.1 Å². The Hall–Kier alpha value is -1.85. The zero-order chi connectivity index (χ0) is 15.1. The standard InChI is InChI=1S/C16H17ClN4O/c1-20-9-3-4-11(20)10-21-15-12(5-2-8-18-15)19-16(21)13-6-7-14(17)22-13/h2,5-8,11H,3-4,9-10H2,1H3. The predicted octanol–water partition coefficient (Wildman–Crippen LogP) is 3.44. The Morgan fingerprint density at radius 2 is 2.27 bits per heavy atom. The molecule has 4 heterocycles. The highest BCUT2D eigenvalue weighted by Crippen LogP contribution is 2.29. The van der Waals surface area contributed by atoms with Gasteiger partial charge in [0.15, 0.2) is 22.5 Å². The number of likely N-dealkylation sites (N-methyl/N-ethyl adjacent to an activating group) is 1. The van der Waals surface area contributed by atoms with E-state index in [1.165, 1.54) is 12.8 Å². The van der Waals surface area contributed by atoms with Crippen LogP contribution in [0.3, 0.4) is 0 Å². The second-order valence-corrected chi connectivity index (χ2v) is 6.15. The summed E-state index contributed by atoms with van der Waals surface area (Å²) in [6.07, 6.45) is 4.24. The first kappa shape index (κ1) is 13.8. The number of fused-ring (bicyclic) bond motifs is 1. The Morgan fingerprint density at radius 1 is 1.36 bits per heavy atom. The van der Waals surface area contributed by atoms with Crippen molar-refractivity contribution in [2.75, 3.05) is 13.6 Å². The third-order valence-corrected chi connectivity index (χ3v) is 4.57. The van der Waals surface area contributed by atoms with Crippen LogP contribution in [0.2, 0.25) is 5.22 Å². The Labute approximate surface area is 133 Å². The van der Waals surface area contributed by atoms with Crippen LogP contribution < -0.4 is 0 Å². The summed E-state index contributed by atoms with van der Waals surface area (Å²) in [5, 5.41) is 0.375. The van der Waals surface area contributed by atoms with E-state index in [1.54, 1.807) is 12.3 Å². The van der Waals surface area contributed by atoms with Gasteiger partial charge >= 0.3 is 0 Å². The van der Waals surface area contributed by atoms with Crippen LogP contribution in [0.25, 0.3) is 22.7 Å². The van der Waals surface area contributed by atoms with Crippen LogP contribution in [0, 0.1) is 0 Å². The molecule has 0 spiro atoms. The number of likely N-dealkylation sites (tertiary alicyclic amines) is 1. The molecule has 1 aliphatic heterocycles. The molecule has 0 aliphatic carbocycles. The van der Waals surface area contributed by atoms with Crippen molar-refractivity contribution in [3.8, 4) is 11.6 Å². The average molecular weight is 317 g/mol. The first-order valence-electron chi connectivity index (χ1n) is 7.49. The topological polar surface area (TPSA) is 47.1 Å². The molecule has 1 aliphatic rings. The Bertz CT molecular complexity index is 809. The van der Waals surface area contributed by atoms with E-state index in [2.05, 4.69) is 21.5 Å². The molecule has 0 N–H and O–H groups in total. The Kier molecular flexibility index (Phi) is 3.39. The van der Waals surface area contributed by atoms with Gasteiger partial charge in [-0.2, -0.15) is 0 Å². The number of hydrogen-bond donors (Lipinski definition) is 0. The highest BCUT2D eigenvalue weighted by atomic mass is 35.5. The molecule has 6 heteroatoms. The third kappa shape index (κ3) is 2.30. The number of nitrogens with zero attached hydrogens (tertiary/aromatic N) is 4. The van der Waals surface area contributed by atoms with Gasteiger partial charge in [0, 0.05) is 18.8 Å². The molecule has 5 nitrogen and oxygen atoms in total. The van der Waals surface area contributed by atoms with Crippen molar-refractivity contribution in [2.24, 2.45) is 0 Å². The highest BCUT2D eigenvalue weighted by Gasteiger charge is 2.25. The van der Waals surface area contributed by atoms with Gasteiger partial charge in [0.05, 0.1) is 0 Å². The highest BCUT2D eigenvalue weighted by molar-refractivity contribution is 6.28. The minimum atomic E-state index is 0.375. The summed E-state index contributed by atoms with van der Waals surface area (Å²) in [6, 6.07) is 7.99. The molecule has 22 heavy (non-hydrogen) atoms. The summed E-state index contributed by atoms with van der Waals surface area (Å²) in [6.45, 7) is 2.00. The fourth-order valence-corrected chi connectivity index (χ4v) is 3.32. The lowest BCUT2D eigenvalue weighted by atomic mass is 10.2. The fraction of sp³-hybridized carbons (Fsp3) is 0.375. The smallest absolute Gasteiger partial charge is 0.194 e. The van der Waals surface area contributed by atoms with Crippen molar-refractivity contribution in [3.05, 3.63) is 35.7 Å². The molecule has 3 aromatic heterocycles. The van der Waals surface area contributed by atoms with Crippen LogP contribution >= 0.6 is 11.6 Å². The van der Waals surface area contributed by atoms with Crippen LogP contribution in [0.4, 0.5) is 0 Å². The largest absolute Gasteiger partial charge is 0.441 e. The number of furan rings is 1. The van der Waals surface area contributed by atoms with E-state index in [-0.39, 0.29) is 0 Å². The second kappa shape index (κ2) is 5.41.